The summed E-state index contributed by atoms with van der Waals surface area (Å²) in [5, 5.41) is 10.6. The number of phosphoric ester groups is 2. The predicted molar refractivity (Wildman–Crippen MR) is 418 cm³/mol. The number of esters is 4. The van der Waals surface area contributed by atoms with Crippen molar-refractivity contribution in [1.82, 2.24) is 0 Å². The Morgan fingerprint density at radius 1 is 0.284 bits per heavy atom. The molecule has 3 N–H and O–H groups in total. The summed E-state index contributed by atoms with van der Waals surface area (Å²) in [7, 11) is -9.97. The van der Waals surface area contributed by atoms with Crippen molar-refractivity contribution >= 4 is 39.5 Å². The summed E-state index contributed by atoms with van der Waals surface area (Å²) in [6.07, 6.45) is 81.8. The summed E-state index contributed by atoms with van der Waals surface area (Å²) in [6, 6.07) is 0. The monoisotopic (exact) mass is 1470 g/mol. The van der Waals surface area contributed by atoms with Gasteiger partial charge in [-0.15, -0.1) is 0 Å². The van der Waals surface area contributed by atoms with Crippen LogP contribution in [-0.2, 0) is 65.4 Å². The van der Waals surface area contributed by atoms with Gasteiger partial charge in [0.05, 0.1) is 26.4 Å². The lowest BCUT2D eigenvalue weighted by Gasteiger charge is -2.21. The van der Waals surface area contributed by atoms with E-state index in [1.54, 1.807) is 0 Å². The summed E-state index contributed by atoms with van der Waals surface area (Å²) in [6.45, 7) is 4.62. The molecule has 102 heavy (non-hydrogen) atoms. The Bertz CT molecular complexity index is 2410. The van der Waals surface area contributed by atoms with E-state index in [2.05, 4.69) is 149 Å². The summed E-state index contributed by atoms with van der Waals surface area (Å²) in [5.41, 5.74) is 0. The molecule has 17 nitrogen and oxygen atoms in total. The first-order chi connectivity index (χ1) is 49.7. The van der Waals surface area contributed by atoms with Crippen LogP contribution in [0.15, 0.2) is 122 Å². The van der Waals surface area contributed by atoms with Gasteiger partial charge in [0.2, 0.25) is 0 Å². The highest BCUT2D eigenvalue weighted by atomic mass is 31.2. The highest BCUT2D eigenvalue weighted by Crippen LogP contribution is 2.45. The molecule has 0 rings (SSSR count). The number of hydrogen-bond donors (Lipinski definition) is 3. The Kier molecular flexibility index (Phi) is 71.4. The van der Waals surface area contributed by atoms with Gasteiger partial charge in [0.25, 0.3) is 0 Å². The average Bonchev–Trinajstić information content (AvgIpc) is 0.928. The summed E-state index contributed by atoms with van der Waals surface area (Å²) < 4.78 is 68.5. The van der Waals surface area contributed by atoms with Crippen molar-refractivity contribution in [3.8, 4) is 0 Å². The van der Waals surface area contributed by atoms with Crippen molar-refractivity contribution in [3.05, 3.63) is 122 Å². The molecular formula is C83H142O17P2. The average molecular weight is 1470 g/mol. The van der Waals surface area contributed by atoms with E-state index in [-0.39, 0.29) is 25.7 Å². The topological polar surface area (TPSA) is 237 Å². The highest BCUT2D eigenvalue weighted by molar-refractivity contribution is 7.47. The van der Waals surface area contributed by atoms with Gasteiger partial charge < -0.3 is 33.8 Å². The number of unbranched alkanes of at least 4 members (excludes halogenated alkanes) is 28. The fraction of sp³-hybridized carbons (Fsp3) is 0.711. The van der Waals surface area contributed by atoms with Crippen LogP contribution in [0.3, 0.4) is 0 Å². The van der Waals surface area contributed by atoms with E-state index in [0.29, 0.717) is 25.7 Å². The van der Waals surface area contributed by atoms with Crippen molar-refractivity contribution in [1.29, 1.82) is 0 Å². The zero-order valence-corrected chi connectivity index (χ0v) is 65.8. The zero-order valence-electron chi connectivity index (χ0n) is 64.0. The van der Waals surface area contributed by atoms with Gasteiger partial charge in [0.15, 0.2) is 12.2 Å². The molecule has 0 amide bonds. The van der Waals surface area contributed by atoms with Crippen LogP contribution in [0.1, 0.15) is 323 Å². The van der Waals surface area contributed by atoms with Gasteiger partial charge in [-0.2, -0.15) is 0 Å². The van der Waals surface area contributed by atoms with E-state index in [1.807, 2.05) is 0 Å². The minimum absolute atomic E-state index is 0.0745. The number of hydrogen-bond acceptors (Lipinski definition) is 15. The molecule has 0 saturated carbocycles. The van der Waals surface area contributed by atoms with Crippen molar-refractivity contribution in [2.75, 3.05) is 39.6 Å². The molecule has 586 valence electrons. The highest BCUT2D eigenvalue weighted by Gasteiger charge is 2.30. The van der Waals surface area contributed by atoms with Gasteiger partial charge in [-0.1, -0.05) is 265 Å². The van der Waals surface area contributed by atoms with Crippen molar-refractivity contribution in [2.45, 2.75) is 341 Å². The Morgan fingerprint density at radius 2 is 0.520 bits per heavy atom. The van der Waals surface area contributed by atoms with Gasteiger partial charge in [-0.05, 0) is 154 Å². The van der Waals surface area contributed by atoms with E-state index < -0.39 is 97.5 Å². The van der Waals surface area contributed by atoms with Crippen LogP contribution in [0.2, 0.25) is 0 Å². The number of ether oxygens (including phenoxy) is 4. The number of carbonyl (C=O) groups is 4. The second kappa shape index (κ2) is 74.7. The Balaban J connectivity index is 5.34. The second-order valence-corrected chi connectivity index (χ2v) is 29.2. The van der Waals surface area contributed by atoms with E-state index >= 15 is 0 Å². The first-order valence-corrected chi connectivity index (χ1v) is 42.8. The van der Waals surface area contributed by atoms with Crippen LogP contribution in [-0.4, -0.2) is 96.7 Å². The normalized spacial score (nSPS) is 14.5. The molecule has 5 unspecified atom stereocenters. The predicted octanol–water partition coefficient (Wildman–Crippen LogP) is 23.1. The maximum absolute atomic E-state index is 13.1. The van der Waals surface area contributed by atoms with Crippen LogP contribution < -0.4 is 0 Å². The van der Waals surface area contributed by atoms with Gasteiger partial charge in [-0.25, -0.2) is 9.13 Å². The number of phosphoric acid groups is 2. The molecule has 0 bridgehead atoms. The summed E-state index contributed by atoms with van der Waals surface area (Å²) in [4.78, 5) is 72.9. The lowest BCUT2D eigenvalue weighted by atomic mass is 10.1. The lowest BCUT2D eigenvalue weighted by Crippen LogP contribution is -2.30. The molecule has 0 fully saturated rings. The molecule has 0 aromatic rings. The molecular weight excluding hydrogens is 1330 g/mol. The largest absolute Gasteiger partial charge is 0.472 e. The molecule has 0 aromatic heterocycles. The van der Waals surface area contributed by atoms with Crippen molar-refractivity contribution in [2.24, 2.45) is 0 Å². The lowest BCUT2D eigenvalue weighted by molar-refractivity contribution is -0.161. The van der Waals surface area contributed by atoms with Gasteiger partial charge in [0, 0.05) is 25.7 Å². The van der Waals surface area contributed by atoms with Crippen molar-refractivity contribution in [3.63, 3.8) is 0 Å². The smallest absolute Gasteiger partial charge is 0.462 e. The molecule has 0 saturated heterocycles. The van der Waals surface area contributed by atoms with Crippen LogP contribution in [0, 0.1) is 0 Å². The fourth-order valence-electron chi connectivity index (χ4n) is 10.3. The van der Waals surface area contributed by atoms with Crippen molar-refractivity contribution < 1.29 is 80.2 Å². The quantitative estimate of drug-likeness (QED) is 0.0169. The molecule has 0 aromatic carbocycles. The molecule has 0 spiro atoms. The summed E-state index contributed by atoms with van der Waals surface area (Å²) in [5.74, 6) is -2.24. The first-order valence-electron chi connectivity index (χ1n) is 39.8. The number of aliphatic hydroxyl groups excluding tert-OH is 1. The Labute approximate surface area is 619 Å². The first kappa shape index (κ1) is 97.5. The molecule has 0 aliphatic rings. The molecule has 5 atom stereocenters. The number of carbonyl (C=O) groups excluding carboxylic acids is 4. The van der Waals surface area contributed by atoms with Gasteiger partial charge in [0.1, 0.15) is 19.3 Å². The van der Waals surface area contributed by atoms with Gasteiger partial charge >= 0.3 is 39.5 Å². The number of allylic oxidation sites excluding steroid dienone is 20. The third-order valence-electron chi connectivity index (χ3n) is 16.4. The summed E-state index contributed by atoms with van der Waals surface area (Å²) >= 11 is 0. The maximum atomic E-state index is 13.1. The zero-order chi connectivity index (χ0) is 74.6. The van der Waals surface area contributed by atoms with E-state index in [4.69, 9.17) is 37.0 Å². The van der Waals surface area contributed by atoms with Crippen LogP contribution >= 0.6 is 15.6 Å². The minimum Gasteiger partial charge on any atom is -0.462 e. The van der Waals surface area contributed by atoms with E-state index in [1.165, 1.54) is 57.8 Å². The molecule has 19 heteroatoms. The molecule has 0 radical (unpaired) electrons. The van der Waals surface area contributed by atoms with Crippen LogP contribution in [0.4, 0.5) is 0 Å². The van der Waals surface area contributed by atoms with E-state index in [9.17, 15) is 43.2 Å². The number of aliphatic hydroxyl groups is 1. The molecule has 0 aliphatic carbocycles. The SMILES string of the molecule is CC/C=C\C/C=C\C/C=C\C/C=C\C/C=C\CCCCCC(=O)OCC(COP(=O)(O)OCC(O)COP(=O)(O)OCC(COC(=O)CCCCCCCC/C=C\C/C=C\C/C=C\CCCCC)OC(=O)CCCCCCC/C=C\CCCCCC)OC(=O)CCCCCCC/C=C\CCCC. The van der Waals surface area contributed by atoms with Crippen LogP contribution in [0.5, 0.6) is 0 Å². The Hall–Kier alpha value is -4.54. The van der Waals surface area contributed by atoms with E-state index in [0.717, 1.165) is 186 Å². The third-order valence-corrected chi connectivity index (χ3v) is 18.3. The van der Waals surface area contributed by atoms with Crippen LogP contribution in [0.25, 0.3) is 0 Å². The standard InChI is InChI=1S/C83H142O17P2/c1-5-9-13-17-21-25-29-32-34-36-38-40-42-45-48-51-55-59-63-67-80(85)93-73-78(99-82(87)69-65-61-57-53-47-28-24-20-16-12-8-4)75-97-101(89,90)95-71-77(84)72-96-102(91,92)98-76-79(100-83(88)70-66-62-58-54-50-44-31-27-23-19-15-11-7-3)74-94-81(86)68-64-60-56-52-49-46-43-41-39-37-35-33-30-26-22-18-14-10-6-2/h9,13,20-22,24-27,31-35,38-41,45,48,77-79,84H,5-8,10-12,14-19,23,28-30,36-37,42-44,46-47,49-76H2,1-4H3,(H,89,90)(H,91,92)/b13-9-,24-20-,25-21-,26-22-,31-27-,34-32-,35-33-,40-38-,41-39-,48-45-. The second-order valence-electron chi connectivity index (χ2n) is 26.3. The molecule has 0 aliphatic heterocycles. The third kappa shape index (κ3) is 73.8. The number of rotatable bonds is 74. The Morgan fingerprint density at radius 3 is 0.853 bits per heavy atom. The van der Waals surface area contributed by atoms with Gasteiger partial charge in [-0.3, -0.25) is 37.3 Å². The minimum atomic E-state index is -4.99. The molecule has 0 heterocycles. The fourth-order valence-corrected chi connectivity index (χ4v) is 11.9. The maximum Gasteiger partial charge on any atom is 0.472 e.